The maximum absolute atomic E-state index is 13.9. The third-order valence-corrected chi connectivity index (χ3v) is 8.42. The van der Waals surface area contributed by atoms with Gasteiger partial charge in [-0.3, -0.25) is 13.9 Å². The Balaban J connectivity index is 2.02. The lowest BCUT2D eigenvalue weighted by Crippen LogP contribution is -2.53. The Morgan fingerprint density at radius 3 is 2.10 bits per heavy atom. The zero-order valence-corrected chi connectivity index (χ0v) is 23.8. The number of sulfonamides is 1. The minimum absolute atomic E-state index is 0.00479. The first-order valence-electron chi connectivity index (χ1n) is 12.7. The summed E-state index contributed by atoms with van der Waals surface area (Å²) in [4.78, 5) is 28.5. The lowest BCUT2D eigenvalue weighted by Gasteiger charge is -2.33. The molecule has 0 spiro atoms. The van der Waals surface area contributed by atoms with Crippen LogP contribution in [0.2, 0.25) is 5.02 Å². The summed E-state index contributed by atoms with van der Waals surface area (Å²) < 4.78 is 42.1. The molecule has 39 heavy (non-hydrogen) atoms. The predicted octanol–water partition coefficient (Wildman–Crippen LogP) is 5.40. The summed E-state index contributed by atoms with van der Waals surface area (Å²) in [6.07, 6.45) is 1.000. The highest BCUT2D eigenvalue weighted by molar-refractivity contribution is 7.92. The molecule has 0 heterocycles. The van der Waals surface area contributed by atoms with Crippen LogP contribution in [0.4, 0.5) is 10.1 Å². The number of nitrogens with one attached hydrogen (secondary N) is 1. The monoisotopic (exact) mass is 573 g/mol. The van der Waals surface area contributed by atoms with Gasteiger partial charge >= 0.3 is 0 Å². The van der Waals surface area contributed by atoms with Crippen molar-refractivity contribution >= 4 is 39.1 Å². The molecular formula is C29H33ClFN3O4S. The number of rotatable bonds is 12. The van der Waals surface area contributed by atoms with Crippen molar-refractivity contribution in [2.45, 2.75) is 57.1 Å². The number of para-hydroxylation sites is 1. The summed E-state index contributed by atoms with van der Waals surface area (Å²) in [7, 11) is -4.18. The van der Waals surface area contributed by atoms with E-state index in [0.717, 1.165) is 4.31 Å². The molecule has 0 radical (unpaired) electrons. The predicted molar refractivity (Wildman–Crippen MR) is 151 cm³/mol. The van der Waals surface area contributed by atoms with E-state index in [2.05, 4.69) is 5.32 Å². The maximum Gasteiger partial charge on any atom is 0.264 e. The molecule has 1 N–H and O–H groups in total. The molecule has 7 nitrogen and oxygen atoms in total. The van der Waals surface area contributed by atoms with Crippen molar-refractivity contribution in [2.75, 3.05) is 10.8 Å². The lowest BCUT2D eigenvalue weighted by atomic mass is 10.1. The first-order chi connectivity index (χ1) is 18.6. The summed E-state index contributed by atoms with van der Waals surface area (Å²) in [6.45, 7) is 5.03. The summed E-state index contributed by atoms with van der Waals surface area (Å²) in [6, 6.07) is 18.6. The van der Waals surface area contributed by atoms with Gasteiger partial charge in [0.05, 0.1) is 10.6 Å². The normalized spacial score (nSPS) is 12.8. The number of anilines is 1. The Hall–Kier alpha value is -3.43. The van der Waals surface area contributed by atoms with Crippen LogP contribution in [-0.2, 0) is 26.2 Å². The number of carbonyl (C=O) groups excluding carboxylic acids is 2. The van der Waals surface area contributed by atoms with Crippen LogP contribution in [-0.4, -0.2) is 43.8 Å². The average molecular weight is 574 g/mol. The van der Waals surface area contributed by atoms with Crippen LogP contribution in [0.3, 0.4) is 0 Å². The molecule has 0 saturated carbocycles. The highest BCUT2D eigenvalue weighted by Crippen LogP contribution is 2.25. The van der Waals surface area contributed by atoms with Crippen LogP contribution in [0.5, 0.6) is 0 Å². The second-order valence-electron chi connectivity index (χ2n) is 9.19. The van der Waals surface area contributed by atoms with Gasteiger partial charge in [-0.1, -0.05) is 55.8 Å². The van der Waals surface area contributed by atoms with Gasteiger partial charge in [0.1, 0.15) is 18.4 Å². The van der Waals surface area contributed by atoms with Crippen LogP contribution < -0.4 is 9.62 Å². The standard InChI is InChI=1S/C29H33ClFN3O4S/c1-4-21(3)32-29(36)27(5-2)33(19-22-11-15-24(31)16-12-22)28(35)20-34(25-9-7-6-8-10-25)39(37,38)26-17-13-23(30)14-18-26/h6-18,21,27H,4-5,19-20H2,1-3H3,(H,32,36)/t21-,27+/m1/s1. The zero-order chi connectivity index (χ0) is 28.6. The third kappa shape index (κ3) is 7.80. The molecule has 0 fully saturated rings. The number of halogens is 2. The molecule has 3 aromatic carbocycles. The first kappa shape index (κ1) is 30.1. The fourth-order valence-corrected chi connectivity index (χ4v) is 5.54. The molecule has 208 valence electrons. The van der Waals surface area contributed by atoms with Gasteiger partial charge in [0.25, 0.3) is 10.0 Å². The Labute approximate surface area is 234 Å². The van der Waals surface area contributed by atoms with E-state index in [1.807, 2.05) is 13.8 Å². The van der Waals surface area contributed by atoms with Crippen LogP contribution in [0.1, 0.15) is 39.2 Å². The molecule has 0 aliphatic rings. The highest BCUT2D eigenvalue weighted by atomic mass is 35.5. The molecule has 3 aromatic rings. The third-order valence-electron chi connectivity index (χ3n) is 6.38. The van der Waals surface area contributed by atoms with E-state index in [1.165, 1.54) is 53.4 Å². The fourth-order valence-electron chi connectivity index (χ4n) is 4.00. The van der Waals surface area contributed by atoms with Gasteiger partial charge in [-0.15, -0.1) is 0 Å². The zero-order valence-electron chi connectivity index (χ0n) is 22.2. The molecule has 3 rings (SSSR count). The van der Waals surface area contributed by atoms with E-state index in [9.17, 15) is 22.4 Å². The van der Waals surface area contributed by atoms with E-state index < -0.39 is 34.3 Å². The summed E-state index contributed by atoms with van der Waals surface area (Å²) in [5.74, 6) is -1.34. The molecule has 2 atom stereocenters. The molecule has 0 aliphatic heterocycles. The van der Waals surface area contributed by atoms with E-state index in [1.54, 1.807) is 37.3 Å². The van der Waals surface area contributed by atoms with Gasteiger partial charge in [0.2, 0.25) is 11.8 Å². The van der Waals surface area contributed by atoms with Crippen LogP contribution in [0.25, 0.3) is 0 Å². The molecule has 10 heteroatoms. The molecular weight excluding hydrogens is 541 g/mol. The SMILES string of the molecule is CC[C@@H](C)NC(=O)[C@H](CC)N(Cc1ccc(F)cc1)C(=O)CN(c1ccccc1)S(=O)(=O)c1ccc(Cl)cc1. The second kappa shape index (κ2) is 13.6. The van der Waals surface area contributed by atoms with Gasteiger partial charge in [-0.05, 0) is 73.9 Å². The van der Waals surface area contributed by atoms with E-state index in [4.69, 9.17) is 11.6 Å². The summed E-state index contributed by atoms with van der Waals surface area (Å²) >= 11 is 5.97. The van der Waals surface area contributed by atoms with E-state index in [0.29, 0.717) is 29.1 Å². The smallest absolute Gasteiger partial charge is 0.264 e. The number of carbonyl (C=O) groups is 2. The Bertz CT molecular complexity index is 1350. The molecule has 0 saturated heterocycles. The number of hydrogen-bond donors (Lipinski definition) is 1. The minimum atomic E-state index is -4.18. The maximum atomic E-state index is 13.9. The van der Waals surface area contributed by atoms with E-state index in [-0.39, 0.29) is 23.4 Å². The Morgan fingerprint density at radius 1 is 0.923 bits per heavy atom. The number of nitrogens with zero attached hydrogens (tertiary/aromatic N) is 2. The van der Waals surface area contributed by atoms with Gasteiger partial charge < -0.3 is 10.2 Å². The fraction of sp³-hybridized carbons (Fsp3) is 0.310. The first-order valence-corrected chi connectivity index (χ1v) is 14.6. The van der Waals surface area contributed by atoms with Crippen LogP contribution >= 0.6 is 11.6 Å². The average Bonchev–Trinajstić information content (AvgIpc) is 2.93. The minimum Gasteiger partial charge on any atom is -0.352 e. The quantitative estimate of drug-likeness (QED) is 0.314. The number of benzene rings is 3. The summed E-state index contributed by atoms with van der Waals surface area (Å²) in [5, 5.41) is 3.29. The topological polar surface area (TPSA) is 86.8 Å². The van der Waals surface area contributed by atoms with Crippen molar-refractivity contribution in [3.05, 3.63) is 95.3 Å². The van der Waals surface area contributed by atoms with Crippen LogP contribution in [0, 0.1) is 5.82 Å². The van der Waals surface area contributed by atoms with Crippen molar-refractivity contribution in [2.24, 2.45) is 0 Å². The van der Waals surface area contributed by atoms with Crippen molar-refractivity contribution in [3.8, 4) is 0 Å². The number of amides is 2. The largest absolute Gasteiger partial charge is 0.352 e. The number of hydrogen-bond acceptors (Lipinski definition) is 4. The van der Waals surface area contributed by atoms with Crippen molar-refractivity contribution in [1.82, 2.24) is 10.2 Å². The Kier molecular flexibility index (Phi) is 10.5. The molecule has 0 unspecified atom stereocenters. The molecule has 0 bridgehead atoms. The lowest BCUT2D eigenvalue weighted by molar-refractivity contribution is -0.140. The van der Waals surface area contributed by atoms with Crippen molar-refractivity contribution in [3.63, 3.8) is 0 Å². The molecule has 0 aliphatic carbocycles. The van der Waals surface area contributed by atoms with Crippen molar-refractivity contribution in [1.29, 1.82) is 0 Å². The van der Waals surface area contributed by atoms with Crippen molar-refractivity contribution < 1.29 is 22.4 Å². The van der Waals surface area contributed by atoms with Crippen LogP contribution in [0.15, 0.2) is 83.8 Å². The summed E-state index contributed by atoms with van der Waals surface area (Å²) in [5.41, 5.74) is 0.894. The molecule has 0 aromatic heterocycles. The van der Waals surface area contributed by atoms with Gasteiger partial charge in [0.15, 0.2) is 0 Å². The highest BCUT2D eigenvalue weighted by Gasteiger charge is 2.33. The Morgan fingerprint density at radius 2 is 1.54 bits per heavy atom. The van der Waals surface area contributed by atoms with Gasteiger partial charge in [-0.25, -0.2) is 12.8 Å². The second-order valence-corrected chi connectivity index (χ2v) is 11.5. The van der Waals surface area contributed by atoms with Gasteiger partial charge in [0, 0.05) is 17.6 Å². The van der Waals surface area contributed by atoms with Gasteiger partial charge in [-0.2, -0.15) is 0 Å². The molecule has 2 amide bonds. The van der Waals surface area contributed by atoms with E-state index >= 15 is 0 Å².